The van der Waals surface area contributed by atoms with Crippen LogP contribution in [0.5, 0.6) is 0 Å². The summed E-state index contributed by atoms with van der Waals surface area (Å²) in [5, 5.41) is 12.5. The molecule has 0 radical (unpaired) electrons. The molecule has 0 bridgehead atoms. The molecule has 1 atom stereocenters. The van der Waals surface area contributed by atoms with Crippen molar-refractivity contribution in [3.05, 3.63) is 30.1 Å². The van der Waals surface area contributed by atoms with Gasteiger partial charge in [-0.25, -0.2) is 0 Å². The van der Waals surface area contributed by atoms with E-state index < -0.39 is 0 Å². The monoisotopic (exact) mass is 258 g/mol. The molecule has 0 spiro atoms. The quantitative estimate of drug-likeness (QED) is 0.900. The average molecular weight is 258 g/mol. The molecule has 0 amide bonds. The van der Waals surface area contributed by atoms with Gasteiger partial charge in [-0.05, 0) is 38.9 Å². The van der Waals surface area contributed by atoms with Crippen LogP contribution < -0.4 is 5.32 Å². The fourth-order valence-electron chi connectivity index (χ4n) is 2.71. The van der Waals surface area contributed by atoms with Crippen molar-refractivity contribution in [1.29, 1.82) is 5.26 Å². The summed E-state index contributed by atoms with van der Waals surface area (Å²) < 4.78 is 0. The maximum absolute atomic E-state index is 9.04. The number of nitriles is 1. The van der Waals surface area contributed by atoms with E-state index in [1.165, 1.54) is 0 Å². The smallest absolute Gasteiger partial charge is 0.0638 e. The summed E-state index contributed by atoms with van der Waals surface area (Å²) >= 11 is 0. The van der Waals surface area contributed by atoms with Crippen molar-refractivity contribution in [2.45, 2.75) is 44.8 Å². The Morgan fingerprint density at radius 1 is 1.53 bits per heavy atom. The molecule has 19 heavy (non-hydrogen) atoms. The third kappa shape index (κ3) is 3.52. The Morgan fingerprint density at radius 2 is 2.37 bits per heavy atom. The molecule has 1 N–H and O–H groups in total. The summed E-state index contributed by atoms with van der Waals surface area (Å²) in [5.41, 5.74) is 1.16. The van der Waals surface area contributed by atoms with Crippen LogP contribution in [0, 0.1) is 11.3 Å². The van der Waals surface area contributed by atoms with Crippen molar-refractivity contribution >= 4 is 0 Å². The van der Waals surface area contributed by atoms with E-state index in [0.29, 0.717) is 6.42 Å². The Hall–Kier alpha value is -1.44. The van der Waals surface area contributed by atoms with Crippen LogP contribution in [0.2, 0.25) is 0 Å². The van der Waals surface area contributed by atoms with Gasteiger partial charge in [0.2, 0.25) is 0 Å². The molecule has 0 aromatic carbocycles. The molecule has 1 aliphatic rings. The second-order valence-corrected chi connectivity index (χ2v) is 5.73. The molecule has 4 heteroatoms. The summed E-state index contributed by atoms with van der Waals surface area (Å²) in [4.78, 5) is 6.85. The first-order valence-corrected chi connectivity index (χ1v) is 6.88. The van der Waals surface area contributed by atoms with E-state index in [1.54, 1.807) is 0 Å². The van der Waals surface area contributed by atoms with E-state index >= 15 is 0 Å². The van der Waals surface area contributed by atoms with E-state index in [0.717, 1.165) is 31.7 Å². The van der Waals surface area contributed by atoms with E-state index in [4.69, 9.17) is 5.26 Å². The number of rotatable bonds is 3. The Bertz CT molecular complexity index is 435. The minimum Gasteiger partial charge on any atom is -0.315 e. The lowest BCUT2D eigenvalue weighted by Crippen LogP contribution is -2.49. The first-order valence-electron chi connectivity index (χ1n) is 6.88. The highest BCUT2D eigenvalue weighted by atomic mass is 15.2. The molecule has 0 saturated carbocycles. The first-order chi connectivity index (χ1) is 9.13. The topological polar surface area (TPSA) is 52.0 Å². The van der Waals surface area contributed by atoms with Gasteiger partial charge < -0.3 is 5.32 Å². The van der Waals surface area contributed by atoms with Gasteiger partial charge in [-0.1, -0.05) is 6.07 Å². The van der Waals surface area contributed by atoms with Gasteiger partial charge in [-0.3, -0.25) is 9.88 Å². The lowest BCUT2D eigenvalue weighted by Gasteiger charge is -2.41. The average Bonchev–Trinajstić information content (AvgIpc) is 2.53. The fraction of sp³-hybridized carbons (Fsp3) is 0.600. The molecular weight excluding hydrogens is 236 g/mol. The van der Waals surface area contributed by atoms with Crippen molar-refractivity contribution < 1.29 is 0 Å². The molecular formula is C15H22N4. The zero-order valence-electron chi connectivity index (χ0n) is 11.8. The molecule has 1 aromatic heterocycles. The zero-order chi connectivity index (χ0) is 13.7. The second kappa shape index (κ2) is 6.14. The van der Waals surface area contributed by atoms with Gasteiger partial charge >= 0.3 is 0 Å². The summed E-state index contributed by atoms with van der Waals surface area (Å²) in [6.45, 7) is 7.21. The molecule has 0 aliphatic carbocycles. The third-order valence-corrected chi connectivity index (χ3v) is 3.90. The SMILES string of the molecule is CC1(C)CCNCC(CC#N)N1Cc1ccccn1. The van der Waals surface area contributed by atoms with E-state index in [2.05, 4.69) is 41.2 Å². The van der Waals surface area contributed by atoms with Gasteiger partial charge in [0.05, 0.1) is 18.2 Å². The van der Waals surface area contributed by atoms with Gasteiger partial charge in [0.15, 0.2) is 0 Å². The largest absolute Gasteiger partial charge is 0.315 e. The van der Waals surface area contributed by atoms with Crippen molar-refractivity contribution in [2.24, 2.45) is 0 Å². The minimum atomic E-state index is 0.0859. The highest BCUT2D eigenvalue weighted by molar-refractivity contribution is 5.06. The molecule has 1 aliphatic heterocycles. The molecule has 2 rings (SSSR count). The van der Waals surface area contributed by atoms with Gasteiger partial charge in [-0.2, -0.15) is 5.26 Å². The molecule has 2 heterocycles. The number of hydrogen-bond donors (Lipinski definition) is 1. The predicted octanol–water partition coefficient (Wildman–Crippen LogP) is 1.94. The van der Waals surface area contributed by atoms with E-state index in [9.17, 15) is 0 Å². The molecule has 1 saturated heterocycles. The highest BCUT2D eigenvalue weighted by Gasteiger charge is 2.34. The highest BCUT2D eigenvalue weighted by Crippen LogP contribution is 2.26. The van der Waals surface area contributed by atoms with Crippen molar-refractivity contribution in [2.75, 3.05) is 13.1 Å². The number of nitrogens with one attached hydrogen (secondary N) is 1. The minimum absolute atomic E-state index is 0.0859. The van der Waals surface area contributed by atoms with Crippen LogP contribution >= 0.6 is 0 Å². The Kier molecular flexibility index (Phi) is 4.52. The normalized spacial score (nSPS) is 23.5. The molecule has 1 aromatic rings. The van der Waals surface area contributed by atoms with Crippen molar-refractivity contribution in [1.82, 2.24) is 15.2 Å². The molecule has 102 valence electrons. The van der Waals surface area contributed by atoms with Crippen molar-refractivity contribution in [3.63, 3.8) is 0 Å². The summed E-state index contributed by atoms with van der Waals surface area (Å²) in [7, 11) is 0. The number of nitrogens with zero attached hydrogens (tertiary/aromatic N) is 3. The standard InChI is InChI=1S/C15H22N4/c1-15(2)7-10-17-11-14(6-8-16)19(15)12-13-5-3-4-9-18-13/h3-5,9,14,17H,6-7,10-12H2,1-2H3. The summed E-state index contributed by atoms with van der Waals surface area (Å²) in [6.07, 6.45) is 3.47. The van der Waals surface area contributed by atoms with Crippen LogP contribution in [0.3, 0.4) is 0 Å². The Morgan fingerprint density at radius 3 is 3.05 bits per heavy atom. The summed E-state index contributed by atoms with van der Waals surface area (Å²) in [5.74, 6) is 0. The van der Waals surface area contributed by atoms with Gasteiger partial charge in [-0.15, -0.1) is 0 Å². The maximum Gasteiger partial charge on any atom is 0.0638 e. The lowest BCUT2D eigenvalue weighted by atomic mass is 9.96. The molecule has 4 nitrogen and oxygen atoms in total. The summed E-state index contributed by atoms with van der Waals surface area (Å²) in [6, 6.07) is 8.58. The predicted molar refractivity (Wildman–Crippen MR) is 75.4 cm³/mol. The molecule has 1 unspecified atom stereocenters. The van der Waals surface area contributed by atoms with Gasteiger partial charge in [0.25, 0.3) is 0 Å². The fourth-order valence-corrected chi connectivity index (χ4v) is 2.71. The van der Waals surface area contributed by atoms with Gasteiger partial charge in [0.1, 0.15) is 0 Å². The van der Waals surface area contributed by atoms with E-state index in [-0.39, 0.29) is 11.6 Å². The number of aromatic nitrogens is 1. The van der Waals surface area contributed by atoms with Crippen LogP contribution in [0.4, 0.5) is 0 Å². The van der Waals surface area contributed by atoms with Crippen molar-refractivity contribution in [3.8, 4) is 6.07 Å². The van der Waals surface area contributed by atoms with Crippen LogP contribution in [0.25, 0.3) is 0 Å². The van der Waals surface area contributed by atoms with Crippen LogP contribution in [-0.2, 0) is 6.54 Å². The van der Waals surface area contributed by atoms with Crippen LogP contribution in [-0.4, -0.2) is 34.6 Å². The lowest BCUT2D eigenvalue weighted by molar-refractivity contribution is 0.0693. The molecule has 1 fully saturated rings. The van der Waals surface area contributed by atoms with Crippen LogP contribution in [0.15, 0.2) is 24.4 Å². The Labute approximate surface area is 115 Å². The van der Waals surface area contributed by atoms with Crippen LogP contribution in [0.1, 0.15) is 32.4 Å². The third-order valence-electron chi connectivity index (χ3n) is 3.90. The maximum atomic E-state index is 9.04. The number of pyridine rings is 1. The second-order valence-electron chi connectivity index (χ2n) is 5.73. The first kappa shape index (κ1) is 14.0. The number of hydrogen-bond acceptors (Lipinski definition) is 4. The van der Waals surface area contributed by atoms with E-state index in [1.807, 2.05) is 18.3 Å². The Balaban J connectivity index is 2.21. The zero-order valence-corrected chi connectivity index (χ0v) is 11.8. The van der Waals surface area contributed by atoms with Gasteiger partial charge in [0, 0.05) is 30.9 Å².